The summed E-state index contributed by atoms with van der Waals surface area (Å²) in [6.45, 7) is 0. The number of hydrogen-bond donors (Lipinski definition) is 0. The maximum atomic E-state index is 12.0. The lowest BCUT2D eigenvalue weighted by Crippen LogP contribution is -2.18. The van der Waals surface area contributed by atoms with Crippen molar-refractivity contribution in [1.82, 2.24) is 0 Å². The number of nitrogens with zero attached hydrogens (tertiary/aromatic N) is 1. The molecule has 0 aliphatic carbocycles. The molecular formula is C10H5BrF3NO2. The highest BCUT2D eigenvalue weighted by Crippen LogP contribution is 2.28. The molecule has 0 N–H and O–H groups in total. The predicted molar refractivity (Wildman–Crippen MR) is 56.0 cm³/mol. The third kappa shape index (κ3) is 3.46. The quantitative estimate of drug-likeness (QED) is 0.637. The van der Waals surface area contributed by atoms with Crippen LogP contribution >= 0.6 is 15.9 Å². The lowest BCUT2D eigenvalue weighted by molar-refractivity contribution is -0.274. The smallest absolute Gasteiger partial charge is 0.404 e. The predicted octanol–water partition coefficient (Wildman–Crippen LogP) is 3.03. The zero-order valence-corrected chi connectivity index (χ0v) is 9.80. The normalized spacial score (nSPS) is 10.8. The molecule has 0 amide bonds. The number of ether oxygens (including phenoxy) is 1. The molecule has 0 unspecified atom stereocenters. The molecule has 7 heteroatoms. The lowest BCUT2D eigenvalue weighted by Gasteiger charge is -2.11. The van der Waals surface area contributed by atoms with Crippen molar-refractivity contribution in [2.24, 2.45) is 0 Å². The number of Topliss-reactive ketones (excluding diaryl/α,β-unsaturated/α-hetero) is 1. The highest BCUT2D eigenvalue weighted by Gasteiger charge is 2.32. The maximum absolute atomic E-state index is 12.0. The number of hydrogen-bond acceptors (Lipinski definition) is 3. The van der Waals surface area contributed by atoms with Gasteiger partial charge in [0.05, 0.1) is 5.33 Å². The first-order chi connectivity index (χ1) is 7.89. The van der Waals surface area contributed by atoms with E-state index in [1.54, 1.807) is 0 Å². The van der Waals surface area contributed by atoms with Gasteiger partial charge >= 0.3 is 6.36 Å². The Morgan fingerprint density at radius 3 is 2.59 bits per heavy atom. The molecule has 1 rings (SSSR count). The minimum Gasteiger partial charge on any atom is -0.404 e. The van der Waals surface area contributed by atoms with Gasteiger partial charge in [-0.05, 0) is 12.1 Å². The van der Waals surface area contributed by atoms with Crippen molar-refractivity contribution in [2.45, 2.75) is 6.36 Å². The standard InChI is InChI=1S/C10H5BrF3NO2/c11-4-8(16)6-2-1-3-9(7(6)5-15)17-10(12,13)14/h1-3H,4H2. The molecule has 90 valence electrons. The highest BCUT2D eigenvalue weighted by molar-refractivity contribution is 9.09. The average Bonchev–Trinajstić information content (AvgIpc) is 2.25. The molecule has 0 saturated carbocycles. The summed E-state index contributed by atoms with van der Waals surface area (Å²) < 4.78 is 39.8. The van der Waals surface area contributed by atoms with E-state index in [1.165, 1.54) is 18.2 Å². The van der Waals surface area contributed by atoms with Gasteiger partial charge in [0, 0.05) is 5.56 Å². The number of carbonyl (C=O) groups excluding carboxylic acids is 1. The number of rotatable bonds is 3. The average molecular weight is 308 g/mol. The molecule has 0 spiro atoms. The van der Waals surface area contributed by atoms with Crippen molar-refractivity contribution < 1.29 is 22.7 Å². The van der Waals surface area contributed by atoms with Gasteiger partial charge in [-0.2, -0.15) is 5.26 Å². The second-order valence-electron chi connectivity index (χ2n) is 2.90. The minimum atomic E-state index is -4.90. The van der Waals surface area contributed by atoms with Gasteiger partial charge in [-0.25, -0.2) is 0 Å². The summed E-state index contributed by atoms with van der Waals surface area (Å²) >= 11 is 2.88. The summed E-state index contributed by atoms with van der Waals surface area (Å²) in [5.74, 6) is -1.17. The van der Waals surface area contributed by atoms with Gasteiger partial charge in [0.2, 0.25) is 0 Å². The van der Waals surface area contributed by atoms with E-state index in [0.717, 1.165) is 6.07 Å². The van der Waals surface area contributed by atoms with Crippen LogP contribution in [-0.4, -0.2) is 17.5 Å². The number of alkyl halides is 4. The third-order valence-corrected chi connectivity index (χ3v) is 2.29. The zero-order chi connectivity index (χ0) is 13.1. The van der Waals surface area contributed by atoms with Crippen LogP contribution in [0.3, 0.4) is 0 Å². The van der Waals surface area contributed by atoms with Crippen molar-refractivity contribution in [2.75, 3.05) is 5.33 Å². The summed E-state index contributed by atoms with van der Waals surface area (Å²) in [4.78, 5) is 11.4. The zero-order valence-electron chi connectivity index (χ0n) is 8.21. The van der Waals surface area contributed by atoms with Crippen LogP contribution in [0.2, 0.25) is 0 Å². The number of nitriles is 1. The first-order valence-electron chi connectivity index (χ1n) is 4.27. The van der Waals surface area contributed by atoms with Crippen molar-refractivity contribution in [3.63, 3.8) is 0 Å². The first kappa shape index (κ1) is 13.5. The van der Waals surface area contributed by atoms with E-state index in [0.29, 0.717) is 0 Å². The van der Waals surface area contributed by atoms with Crippen molar-refractivity contribution >= 4 is 21.7 Å². The Balaban J connectivity index is 3.25. The number of carbonyl (C=O) groups is 1. The Hall–Kier alpha value is -1.55. The fourth-order valence-electron chi connectivity index (χ4n) is 1.16. The Morgan fingerprint density at radius 2 is 2.12 bits per heavy atom. The fraction of sp³-hybridized carbons (Fsp3) is 0.200. The number of halogens is 4. The van der Waals surface area contributed by atoms with Gasteiger partial charge in [-0.3, -0.25) is 4.79 Å². The van der Waals surface area contributed by atoms with Gasteiger partial charge in [-0.1, -0.05) is 22.0 Å². The van der Waals surface area contributed by atoms with Crippen molar-refractivity contribution in [3.8, 4) is 11.8 Å². The second kappa shape index (κ2) is 5.19. The SMILES string of the molecule is N#Cc1c(OC(F)(F)F)cccc1C(=O)CBr. The summed E-state index contributed by atoms with van der Waals surface area (Å²) in [6.07, 6.45) is -4.90. The largest absolute Gasteiger partial charge is 0.573 e. The van der Waals surface area contributed by atoms with Gasteiger partial charge in [0.1, 0.15) is 17.4 Å². The van der Waals surface area contributed by atoms with Crippen LogP contribution in [0.15, 0.2) is 18.2 Å². The summed E-state index contributed by atoms with van der Waals surface area (Å²) in [5, 5.41) is 8.69. The Morgan fingerprint density at radius 1 is 1.47 bits per heavy atom. The van der Waals surface area contributed by atoms with Gasteiger partial charge in [0.25, 0.3) is 0 Å². The second-order valence-corrected chi connectivity index (χ2v) is 3.46. The van der Waals surface area contributed by atoms with Crippen molar-refractivity contribution in [1.29, 1.82) is 5.26 Å². The molecule has 0 heterocycles. The van der Waals surface area contributed by atoms with E-state index in [2.05, 4.69) is 20.7 Å². The highest BCUT2D eigenvalue weighted by atomic mass is 79.9. The van der Waals surface area contributed by atoms with Crippen LogP contribution in [0.4, 0.5) is 13.2 Å². The van der Waals surface area contributed by atoms with E-state index in [1.807, 2.05) is 0 Å². The van der Waals surface area contributed by atoms with Crippen LogP contribution in [-0.2, 0) is 0 Å². The molecule has 0 aliphatic rings. The lowest BCUT2D eigenvalue weighted by atomic mass is 10.0. The molecule has 0 atom stereocenters. The molecule has 1 aromatic rings. The van der Waals surface area contributed by atoms with E-state index in [9.17, 15) is 18.0 Å². The minimum absolute atomic E-state index is 0.0862. The molecule has 0 saturated heterocycles. The molecule has 3 nitrogen and oxygen atoms in total. The number of benzene rings is 1. The van der Waals surface area contributed by atoms with Crippen LogP contribution in [0.1, 0.15) is 15.9 Å². The molecule has 0 aliphatic heterocycles. The number of ketones is 1. The molecule has 17 heavy (non-hydrogen) atoms. The third-order valence-electron chi connectivity index (χ3n) is 1.79. The summed E-state index contributed by atoms with van der Waals surface area (Å²) in [5.41, 5.74) is -0.527. The Labute approximate surface area is 103 Å². The van der Waals surface area contributed by atoms with Crippen molar-refractivity contribution in [3.05, 3.63) is 29.3 Å². The van der Waals surface area contributed by atoms with Gasteiger partial charge in [-0.15, -0.1) is 13.2 Å². The van der Waals surface area contributed by atoms with Crippen LogP contribution < -0.4 is 4.74 Å². The molecule has 0 fully saturated rings. The maximum Gasteiger partial charge on any atom is 0.573 e. The van der Waals surface area contributed by atoms with Gasteiger partial charge in [0.15, 0.2) is 5.78 Å². The molecule has 0 radical (unpaired) electrons. The van der Waals surface area contributed by atoms with Gasteiger partial charge < -0.3 is 4.74 Å². The topological polar surface area (TPSA) is 50.1 Å². The molecule has 1 aromatic carbocycles. The van der Waals surface area contributed by atoms with Crippen LogP contribution in [0, 0.1) is 11.3 Å². The van der Waals surface area contributed by atoms with E-state index in [-0.39, 0.29) is 10.9 Å². The summed E-state index contributed by atoms with van der Waals surface area (Å²) in [7, 11) is 0. The Kier molecular flexibility index (Phi) is 4.12. The first-order valence-corrected chi connectivity index (χ1v) is 5.39. The monoisotopic (exact) mass is 307 g/mol. The molecule has 0 bridgehead atoms. The summed E-state index contributed by atoms with van der Waals surface area (Å²) in [6, 6.07) is 5.01. The fourth-order valence-corrected chi connectivity index (χ4v) is 1.46. The molecule has 0 aromatic heterocycles. The van der Waals surface area contributed by atoms with E-state index >= 15 is 0 Å². The van der Waals surface area contributed by atoms with Crippen LogP contribution in [0.5, 0.6) is 5.75 Å². The Bertz CT molecular complexity index is 479. The van der Waals surface area contributed by atoms with E-state index < -0.39 is 23.5 Å². The van der Waals surface area contributed by atoms with Crippen LogP contribution in [0.25, 0.3) is 0 Å². The van der Waals surface area contributed by atoms with E-state index in [4.69, 9.17) is 5.26 Å². The molecular weight excluding hydrogens is 303 g/mol.